The van der Waals surface area contributed by atoms with Gasteiger partial charge in [0.15, 0.2) is 0 Å². The average Bonchev–Trinajstić information content (AvgIpc) is 2.59. The number of benzene rings is 1. The van der Waals surface area contributed by atoms with Crippen LogP contribution in [0.3, 0.4) is 0 Å². The number of fused-ring (bicyclic) bond motifs is 3. The SMILES string of the molecule is Brc1cccc2c1cc1ccccn12. The van der Waals surface area contributed by atoms with Gasteiger partial charge in [-0.3, -0.25) is 0 Å². The molecule has 68 valence electrons. The number of aromatic nitrogens is 1. The molecule has 0 N–H and O–H groups in total. The molecule has 0 atom stereocenters. The van der Waals surface area contributed by atoms with Gasteiger partial charge in [0.2, 0.25) is 0 Å². The Kier molecular flexibility index (Phi) is 1.64. The van der Waals surface area contributed by atoms with Crippen LogP contribution in [0.25, 0.3) is 16.4 Å². The van der Waals surface area contributed by atoms with Crippen molar-refractivity contribution < 1.29 is 0 Å². The Morgan fingerprint density at radius 2 is 1.93 bits per heavy atom. The van der Waals surface area contributed by atoms with Gasteiger partial charge in [-0.15, -0.1) is 0 Å². The van der Waals surface area contributed by atoms with Gasteiger partial charge in [-0.2, -0.15) is 0 Å². The van der Waals surface area contributed by atoms with Crippen molar-refractivity contribution in [1.82, 2.24) is 4.40 Å². The Hall–Kier alpha value is -1.28. The minimum Gasteiger partial charge on any atom is -0.317 e. The fourth-order valence-corrected chi connectivity index (χ4v) is 2.29. The first-order chi connectivity index (χ1) is 6.86. The van der Waals surface area contributed by atoms with E-state index in [4.69, 9.17) is 0 Å². The summed E-state index contributed by atoms with van der Waals surface area (Å²) in [4.78, 5) is 0. The van der Waals surface area contributed by atoms with E-state index in [1.807, 2.05) is 6.07 Å². The molecule has 14 heavy (non-hydrogen) atoms. The summed E-state index contributed by atoms with van der Waals surface area (Å²) in [6.45, 7) is 0. The van der Waals surface area contributed by atoms with Gasteiger partial charge in [-0.25, -0.2) is 0 Å². The topological polar surface area (TPSA) is 4.41 Å². The van der Waals surface area contributed by atoms with Crippen LogP contribution in [-0.2, 0) is 0 Å². The molecular weight excluding hydrogens is 238 g/mol. The second kappa shape index (κ2) is 2.85. The van der Waals surface area contributed by atoms with Crippen LogP contribution in [0.4, 0.5) is 0 Å². The van der Waals surface area contributed by atoms with Gasteiger partial charge in [0.1, 0.15) is 0 Å². The van der Waals surface area contributed by atoms with Gasteiger partial charge in [0.25, 0.3) is 0 Å². The summed E-state index contributed by atoms with van der Waals surface area (Å²) in [5.74, 6) is 0. The highest BCUT2D eigenvalue weighted by Gasteiger charge is 2.03. The van der Waals surface area contributed by atoms with Crippen LogP contribution < -0.4 is 0 Å². The van der Waals surface area contributed by atoms with E-state index in [0.29, 0.717) is 0 Å². The van der Waals surface area contributed by atoms with Crippen molar-refractivity contribution in [2.75, 3.05) is 0 Å². The van der Waals surface area contributed by atoms with Gasteiger partial charge in [-0.05, 0) is 30.3 Å². The lowest BCUT2D eigenvalue weighted by atomic mass is 10.2. The van der Waals surface area contributed by atoms with Crippen molar-refractivity contribution >= 4 is 32.3 Å². The summed E-state index contributed by atoms with van der Waals surface area (Å²) < 4.78 is 3.35. The fraction of sp³-hybridized carbons (Fsp3) is 0. The third-order valence-corrected chi connectivity index (χ3v) is 3.16. The third-order valence-electron chi connectivity index (χ3n) is 2.47. The first kappa shape index (κ1) is 8.06. The molecule has 0 bridgehead atoms. The monoisotopic (exact) mass is 245 g/mol. The van der Waals surface area contributed by atoms with Crippen molar-refractivity contribution in [1.29, 1.82) is 0 Å². The normalized spacial score (nSPS) is 11.2. The smallest absolute Gasteiger partial charge is 0.0539 e. The van der Waals surface area contributed by atoms with E-state index in [0.717, 1.165) is 4.47 Å². The third kappa shape index (κ3) is 1.01. The van der Waals surface area contributed by atoms with Crippen LogP contribution in [0.1, 0.15) is 0 Å². The Balaban J connectivity index is 2.63. The standard InChI is InChI=1S/C12H8BrN/c13-11-5-3-6-12-10(11)8-9-4-1-2-7-14(9)12/h1-8H. The van der Waals surface area contributed by atoms with Crippen LogP contribution in [0.2, 0.25) is 0 Å². The first-order valence-electron chi connectivity index (χ1n) is 4.50. The van der Waals surface area contributed by atoms with Crippen LogP contribution >= 0.6 is 15.9 Å². The van der Waals surface area contributed by atoms with E-state index < -0.39 is 0 Å². The zero-order valence-electron chi connectivity index (χ0n) is 7.44. The molecule has 0 radical (unpaired) electrons. The number of pyridine rings is 1. The first-order valence-corrected chi connectivity index (χ1v) is 5.30. The molecule has 0 saturated carbocycles. The van der Waals surface area contributed by atoms with E-state index in [9.17, 15) is 0 Å². The lowest BCUT2D eigenvalue weighted by Gasteiger charge is -1.96. The minimum atomic E-state index is 1.15. The molecule has 1 aromatic carbocycles. The molecule has 0 amide bonds. The van der Waals surface area contributed by atoms with Crippen molar-refractivity contribution in [2.24, 2.45) is 0 Å². The molecule has 0 aliphatic carbocycles. The zero-order valence-corrected chi connectivity index (χ0v) is 9.03. The van der Waals surface area contributed by atoms with Crippen molar-refractivity contribution in [3.8, 4) is 0 Å². The van der Waals surface area contributed by atoms with Gasteiger partial charge in [0, 0.05) is 21.6 Å². The Labute approximate surface area is 90.1 Å². The van der Waals surface area contributed by atoms with Gasteiger partial charge in [-0.1, -0.05) is 28.1 Å². The number of nitrogens with zero attached hydrogens (tertiary/aromatic N) is 1. The Morgan fingerprint density at radius 1 is 1.00 bits per heavy atom. The molecule has 3 rings (SSSR count). The van der Waals surface area contributed by atoms with E-state index in [2.05, 4.69) is 62.9 Å². The average molecular weight is 246 g/mol. The second-order valence-corrected chi connectivity index (χ2v) is 4.17. The molecule has 0 unspecified atom stereocenters. The highest BCUT2D eigenvalue weighted by molar-refractivity contribution is 9.10. The van der Waals surface area contributed by atoms with Crippen LogP contribution in [0.5, 0.6) is 0 Å². The molecule has 0 saturated heterocycles. The number of halogens is 1. The highest BCUT2D eigenvalue weighted by atomic mass is 79.9. The molecule has 0 fully saturated rings. The molecule has 2 aromatic heterocycles. The largest absolute Gasteiger partial charge is 0.317 e. The molecule has 0 aliphatic heterocycles. The van der Waals surface area contributed by atoms with E-state index in [1.54, 1.807) is 0 Å². The number of rotatable bonds is 0. The summed E-state index contributed by atoms with van der Waals surface area (Å²) in [7, 11) is 0. The van der Waals surface area contributed by atoms with E-state index >= 15 is 0 Å². The zero-order chi connectivity index (χ0) is 9.54. The van der Waals surface area contributed by atoms with Crippen molar-refractivity contribution in [3.05, 3.63) is 53.1 Å². The maximum Gasteiger partial charge on any atom is 0.0539 e. The molecular formula is C12H8BrN. The minimum absolute atomic E-state index is 1.15. The summed E-state index contributed by atoms with van der Waals surface area (Å²) >= 11 is 3.56. The predicted octanol–water partition coefficient (Wildman–Crippen LogP) is 3.86. The predicted molar refractivity (Wildman–Crippen MR) is 62.6 cm³/mol. The molecule has 2 heterocycles. The van der Waals surface area contributed by atoms with Crippen molar-refractivity contribution in [3.63, 3.8) is 0 Å². The summed E-state index contributed by atoms with van der Waals surface area (Å²) in [5.41, 5.74) is 2.48. The lowest BCUT2D eigenvalue weighted by molar-refractivity contribution is 1.25. The van der Waals surface area contributed by atoms with Gasteiger partial charge < -0.3 is 4.40 Å². The highest BCUT2D eigenvalue weighted by Crippen LogP contribution is 2.26. The Morgan fingerprint density at radius 3 is 2.86 bits per heavy atom. The van der Waals surface area contributed by atoms with Crippen LogP contribution in [0.15, 0.2) is 53.1 Å². The molecule has 0 aliphatic rings. The Bertz CT molecular complexity index is 610. The molecule has 0 spiro atoms. The molecule has 2 heteroatoms. The van der Waals surface area contributed by atoms with E-state index in [-0.39, 0.29) is 0 Å². The second-order valence-electron chi connectivity index (χ2n) is 3.31. The molecule has 3 aromatic rings. The molecule has 1 nitrogen and oxygen atoms in total. The van der Waals surface area contributed by atoms with Gasteiger partial charge in [0.05, 0.1) is 5.52 Å². The maximum absolute atomic E-state index is 3.56. The van der Waals surface area contributed by atoms with Crippen molar-refractivity contribution in [2.45, 2.75) is 0 Å². The number of hydrogen-bond donors (Lipinski definition) is 0. The summed E-state index contributed by atoms with van der Waals surface area (Å²) in [5, 5.41) is 1.26. The quantitative estimate of drug-likeness (QED) is 0.567. The summed E-state index contributed by atoms with van der Waals surface area (Å²) in [6, 6.07) is 14.7. The fourth-order valence-electron chi connectivity index (χ4n) is 1.82. The lowest BCUT2D eigenvalue weighted by Crippen LogP contribution is -1.80. The summed E-state index contributed by atoms with van der Waals surface area (Å²) in [6.07, 6.45) is 2.09. The maximum atomic E-state index is 3.56. The van der Waals surface area contributed by atoms with Crippen LogP contribution in [-0.4, -0.2) is 4.40 Å². The van der Waals surface area contributed by atoms with E-state index in [1.165, 1.54) is 16.4 Å². The van der Waals surface area contributed by atoms with Crippen LogP contribution in [0, 0.1) is 0 Å². The van der Waals surface area contributed by atoms with Gasteiger partial charge >= 0.3 is 0 Å². The number of hydrogen-bond acceptors (Lipinski definition) is 0.